The summed E-state index contributed by atoms with van der Waals surface area (Å²) >= 11 is 0.965. The summed E-state index contributed by atoms with van der Waals surface area (Å²) in [5.74, 6) is -0.540. The highest BCUT2D eigenvalue weighted by Crippen LogP contribution is 2.28. The van der Waals surface area contributed by atoms with Gasteiger partial charge in [0, 0.05) is 23.4 Å². The van der Waals surface area contributed by atoms with Crippen LogP contribution in [0.5, 0.6) is 0 Å². The highest BCUT2D eigenvalue weighted by molar-refractivity contribution is 7.13. The van der Waals surface area contributed by atoms with Crippen LogP contribution in [0.2, 0.25) is 0 Å². The molecule has 0 atom stereocenters. The lowest BCUT2D eigenvalue weighted by Gasteiger charge is -1.87. The number of aryl methyl sites for hydroxylation is 1. The van der Waals surface area contributed by atoms with Crippen molar-refractivity contribution >= 4 is 22.3 Å². The van der Waals surface area contributed by atoms with E-state index in [4.69, 9.17) is 9.63 Å². The molecule has 8 nitrogen and oxygen atoms in total. The minimum Gasteiger partial charge on any atom is -0.481 e. The van der Waals surface area contributed by atoms with Crippen molar-refractivity contribution in [3.05, 3.63) is 27.5 Å². The Balaban J connectivity index is 2.13. The third-order valence-electron chi connectivity index (χ3n) is 2.04. The molecule has 0 bridgehead atoms. The van der Waals surface area contributed by atoms with Gasteiger partial charge in [0.25, 0.3) is 0 Å². The van der Waals surface area contributed by atoms with Crippen LogP contribution in [-0.4, -0.2) is 26.1 Å². The van der Waals surface area contributed by atoms with E-state index < -0.39 is 10.9 Å². The Morgan fingerprint density at radius 3 is 3.00 bits per heavy atom. The SMILES string of the molecule is O=C(O)CCc1nc(-c2csc([N+](=O)[O-])c2)no1. The van der Waals surface area contributed by atoms with Gasteiger partial charge in [-0.25, -0.2) is 0 Å². The van der Waals surface area contributed by atoms with Gasteiger partial charge in [0.15, 0.2) is 0 Å². The monoisotopic (exact) mass is 269 g/mol. The highest BCUT2D eigenvalue weighted by atomic mass is 32.1. The van der Waals surface area contributed by atoms with Crippen LogP contribution in [0.15, 0.2) is 16.0 Å². The number of nitrogens with zero attached hydrogens (tertiary/aromatic N) is 3. The van der Waals surface area contributed by atoms with Crippen LogP contribution in [0.4, 0.5) is 5.00 Å². The number of hydrogen-bond donors (Lipinski definition) is 1. The number of aliphatic carboxylic acids is 1. The average Bonchev–Trinajstić information content (AvgIpc) is 2.95. The number of carboxylic acid groups (broad SMARTS) is 1. The molecule has 0 saturated carbocycles. The van der Waals surface area contributed by atoms with E-state index in [9.17, 15) is 14.9 Å². The summed E-state index contributed by atoms with van der Waals surface area (Å²) in [4.78, 5) is 24.3. The predicted octanol–water partition coefficient (Wildman–Crippen LogP) is 1.72. The van der Waals surface area contributed by atoms with Crippen LogP contribution in [0, 0.1) is 10.1 Å². The number of rotatable bonds is 5. The van der Waals surface area contributed by atoms with E-state index in [-0.39, 0.29) is 29.6 Å². The summed E-state index contributed by atoms with van der Waals surface area (Å²) in [5, 5.41) is 24.2. The topological polar surface area (TPSA) is 119 Å². The first-order valence-corrected chi connectivity index (χ1v) is 5.72. The van der Waals surface area contributed by atoms with Gasteiger partial charge < -0.3 is 9.63 Å². The van der Waals surface area contributed by atoms with E-state index in [1.54, 1.807) is 5.38 Å². The van der Waals surface area contributed by atoms with Crippen LogP contribution in [-0.2, 0) is 11.2 Å². The largest absolute Gasteiger partial charge is 0.481 e. The second kappa shape index (κ2) is 4.92. The number of nitro groups is 1. The lowest BCUT2D eigenvalue weighted by Crippen LogP contribution is -1.97. The number of carbonyl (C=O) groups is 1. The van der Waals surface area contributed by atoms with Crippen molar-refractivity contribution in [1.29, 1.82) is 0 Å². The molecule has 0 aromatic carbocycles. The van der Waals surface area contributed by atoms with Gasteiger partial charge in [-0.1, -0.05) is 16.5 Å². The number of carboxylic acids is 1. The second-order valence-corrected chi connectivity index (χ2v) is 4.23. The quantitative estimate of drug-likeness (QED) is 0.648. The lowest BCUT2D eigenvalue weighted by molar-refractivity contribution is -0.380. The van der Waals surface area contributed by atoms with Gasteiger partial charge in [-0.15, -0.1) is 0 Å². The molecule has 2 aromatic heterocycles. The molecule has 18 heavy (non-hydrogen) atoms. The van der Waals surface area contributed by atoms with Crippen molar-refractivity contribution in [1.82, 2.24) is 10.1 Å². The van der Waals surface area contributed by atoms with E-state index in [0.29, 0.717) is 5.56 Å². The Bertz CT molecular complexity index is 591. The summed E-state index contributed by atoms with van der Waals surface area (Å²) < 4.78 is 4.85. The van der Waals surface area contributed by atoms with Crippen LogP contribution in [0.3, 0.4) is 0 Å². The van der Waals surface area contributed by atoms with Crippen molar-refractivity contribution in [3.63, 3.8) is 0 Å². The second-order valence-electron chi connectivity index (χ2n) is 3.34. The van der Waals surface area contributed by atoms with Crippen molar-refractivity contribution in [3.8, 4) is 11.4 Å². The van der Waals surface area contributed by atoms with Gasteiger partial charge in [-0.2, -0.15) is 4.98 Å². The summed E-state index contributed by atoms with van der Waals surface area (Å²) in [6.45, 7) is 0. The summed E-state index contributed by atoms with van der Waals surface area (Å²) in [6, 6.07) is 1.34. The molecule has 0 spiro atoms. The molecule has 0 aliphatic rings. The molecule has 0 radical (unpaired) electrons. The molecular weight excluding hydrogens is 262 g/mol. The summed E-state index contributed by atoms with van der Waals surface area (Å²) in [6.07, 6.45) is 0.0278. The van der Waals surface area contributed by atoms with Crippen LogP contribution < -0.4 is 0 Å². The van der Waals surface area contributed by atoms with E-state index in [1.807, 2.05) is 0 Å². The first-order chi connectivity index (χ1) is 8.56. The molecule has 94 valence electrons. The Morgan fingerprint density at radius 2 is 2.39 bits per heavy atom. The van der Waals surface area contributed by atoms with Crippen molar-refractivity contribution in [2.24, 2.45) is 0 Å². The van der Waals surface area contributed by atoms with Crippen LogP contribution in [0.25, 0.3) is 11.4 Å². The van der Waals surface area contributed by atoms with Crippen molar-refractivity contribution in [2.45, 2.75) is 12.8 Å². The zero-order chi connectivity index (χ0) is 13.1. The molecule has 1 N–H and O–H groups in total. The van der Waals surface area contributed by atoms with Crippen molar-refractivity contribution in [2.75, 3.05) is 0 Å². The molecular formula is C9H7N3O5S. The zero-order valence-corrected chi connectivity index (χ0v) is 9.72. The maximum absolute atomic E-state index is 10.5. The number of aromatic nitrogens is 2. The van der Waals surface area contributed by atoms with E-state index in [2.05, 4.69) is 10.1 Å². The molecule has 0 aliphatic heterocycles. The van der Waals surface area contributed by atoms with Crippen LogP contribution in [0.1, 0.15) is 12.3 Å². The molecule has 0 fully saturated rings. The molecule has 2 rings (SSSR count). The minimum atomic E-state index is -0.957. The average molecular weight is 269 g/mol. The number of hydrogen-bond acceptors (Lipinski definition) is 7. The molecule has 0 aliphatic carbocycles. The molecule has 2 aromatic rings. The Morgan fingerprint density at radius 1 is 1.61 bits per heavy atom. The third-order valence-corrected chi connectivity index (χ3v) is 2.92. The molecule has 2 heterocycles. The van der Waals surface area contributed by atoms with E-state index >= 15 is 0 Å². The lowest BCUT2D eigenvalue weighted by atomic mass is 10.3. The first kappa shape index (κ1) is 12.2. The molecule has 0 unspecified atom stereocenters. The zero-order valence-electron chi connectivity index (χ0n) is 8.90. The molecule has 0 amide bonds. The van der Waals surface area contributed by atoms with Gasteiger partial charge in [0.05, 0.1) is 11.3 Å². The van der Waals surface area contributed by atoms with Gasteiger partial charge in [0.1, 0.15) is 0 Å². The molecule has 9 heteroatoms. The summed E-state index contributed by atoms with van der Waals surface area (Å²) in [7, 11) is 0. The predicted molar refractivity (Wildman–Crippen MR) is 60.2 cm³/mol. The summed E-state index contributed by atoms with van der Waals surface area (Å²) in [5.41, 5.74) is 0.483. The van der Waals surface area contributed by atoms with Gasteiger partial charge >= 0.3 is 11.0 Å². The fraction of sp³-hybridized carbons (Fsp3) is 0.222. The standard InChI is InChI=1S/C9H7N3O5S/c13-8(14)2-1-6-10-9(11-17-6)5-3-7(12(15)16)18-4-5/h3-4H,1-2H2,(H,13,14). The Labute approximate surface area is 104 Å². The smallest absolute Gasteiger partial charge is 0.324 e. The normalized spacial score (nSPS) is 10.4. The van der Waals surface area contributed by atoms with E-state index in [0.717, 1.165) is 11.3 Å². The maximum atomic E-state index is 10.5. The minimum absolute atomic E-state index is 0.0121. The number of thiophene rings is 1. The van der Waals surface area contributed by atoms with Gasteiger partial charge in [-0.3, -0.25) is 14.9 Å². The van der Waals surface area contributed by atoms with Gasteiger partial charge in [0.2, 0.25) is 11.7 Å². The fourth-order valence-electron chi connectivity index (χ4n) is 1.23. The van der Waals surface area contributed by atoms with Crippen LogP contribution >= 0.6 is 11.3 Å². The van der Waals surface area contributed by atoms with Crippen molar-refractivity contribution < 1.29 is 19.3 Å². The maximum Gasteiger partial charge on any atom is 0.324 e. The first-order valence-electron chi connectivity index (χ1n) is 4.84. The Kier molecular flexibility index (Phi) is 3.33. The fourth-order valence-corrected chi connectivity index (χ4v) is 1.93. The molecule has 0 saturated heterocycles. The highest BCUT2D eigenvalue weighted by Gasteiger charge is 2.15. The van der Waals surface area contributed by atoms with Gasteiger partial charge in [-0.05, 0) is 0 Å². The Hall–Kier alpha value is -2.29. The van der Waals surface area contributed by atoms with E-state index in [1.165, 1.54) is 6.07 Å². The third kappa shape index (κ3) is 2.69.